The number of benzene rings is 9. The number of hydrogen-bond donors (Lipinski definition) is 0. The van der Waals surface area contributed by atoms with Gasteiger partial charge < -0.3 is 23.7 Å². The van der Waals surface area contributed by atoms with Crippen LogP contribution in [0.15, 0.2) is 206 Å². The van der Waals surface area contributed by atoms with Crippen molar-refractivity contribution >= 4 is 121 Å². The molecule has 0 radical (unpaired) electrons. The zero-order valence-electron chi connectivity index (χ0n) is 56.3. The molecule has 0 bridgehead atoms. The van der Waals surface area contributed by atoms with Crippen LogP contribution in [-0.4, -0.2) is 99.6 Å². The van der Waals surface area contributed by atoms with Crippen LogP contribution in [-0.2, 0) is 16.3 Å². The van der Waals surface area contributed by atoms with E-state index in [9.17, 15) is 17.2 Å². The number of ether oxygens (including phenoxy) is 5. The molecule has 9 aromatic carbocycles. The second-order valence-electron chi connectivity index (χ2n) is 22.5. The predicted octanol–water partition coefficient (Wildman–Crippen LogP) is 20.1. The Bertz CT molecular complexity index is 5850. The molecule has 1 aliphatic rings. The lowest BCUT2D eigenvalue weighted by Gasteiger charge is -2.12. The first-order chi connectivity index (χ1) is 49.7. The third kappa shape index (κ3) is 16.5. The van der Waals surface area contributed by atoms with Crippen molar-refractivity contribution in [1.82, 2.24) is 49.8 Å². The lowest BCUT2D eigenvalue weighted by Crippen LogP contribution is -1.99. The third-order valence-electron chi connectivity index (χ3n) is 16.1. The predicted molar refractivity (Wildman–Crippen MR) is 407 cm³/mol. The Balaban J connectivity index is 0.000000130. The van der Waals surface area contributed by atoms with E-state index in [0.29, 0.717) is 45.1 Å². The molecule has 0 fully saturated rings. The van der Waals surface area contributed by atoms with Gasteiger partial charge in [-0.2, -0.15) is 0 Å². The first-order valence-electron chi connectivity index (χ1n) is 31.6. The fourth-order valence-corrected chi connectivity index (χ4v) is 13.7. The van der Waals surface area contributed by atoms with Crippen molar-refractivity contribution in [3.05, 3.63) is 250 Å². The number of sulfone groups is 1. The van der Waals surface area contributed by atoms with Gasteiger partial charge in [-0.25, -0.2) is 67.0 Å². The summed E-state index contributed by atoms with van der Waals surface area (Å²) in [6.45, 7) is 4.46. The maximum Gasteiger partial charge on any atom is 0.222 e. The molecule has 0 aliphatic carbocycles. The zero-order valence-corrected chi connectivity index (χ0v) is 60.0. The number of hydrogen-bond acceptors (Lipinski definition) is 18. The number of fused-ring (bicyclic) bond motifs is 6. The SMILES string of the molecule is C.COc1cc(S(C)(=O)=O)ccc1-c1cccc2cnc(Cl)nc12.COc1ccccc1-c1cc(F)cc2cnc(Cl)nc12.COc1ccccc1-c1cccc2cnc(Cl)nc12.Clc1ncc2cccc(-c3cccc4c3OCC4)c2n1.[2H]c1nc(C)nc2c(-c3ccc(F)cc3OC)c(C)sc12. The van der Waals surface area contributed by atoms with Gasteiger partial charge in [0.25, 0.3) is 0 Å². The molecule has 0 amide bonds. The highest BCUT2D eigenvalue weighted by molar-refractivity contribution is 7.90. The van der Waals surface area contributed by atoms with Gasteiger partial charge in [0.2, 0.25) is 21.1 Å². The van der Waals surface area contributed by atoms with E-state index in [-0.39, 0.29) is 51.3 Å². The highest BCUT2D eigenvalue weighted by Crippen LogP contribution is 2.44. The Kier molecular flexibility index (Phi) is 22.8. The molecule has 0 atom stereocenters. The number of thiophene rings is 1. The summed E-state index contributed by atoms with van der Waals surface area (Å²) in [4.78, 5) is 42.8. The molecule has 0 saturated heterocycles. The maximum absolute atomic E-state index is 13.8. The van der Waals surface area contributed by atoms with Gasteiger partial charge in [0, 0.05) is 132 Å². The quantitative estimate of drug-likeness (QED) is 0.117. The number of aryl methyl sites for hydroxylation is 2. The molecule has 1 aliphatic heterocycles. The monoisotopic (exact) mass is 1490 g/mol. The van der Waals surface area contributed by atoms with Crippen molar-refractivity contribution in [2.45, 2.75) is 32.6 Å². The van der Waals surface area contributed by atoms with Crippen molar-refractivity contribution in [1.29, 1.82) is 0 Å². The molecule has 0 N–H and O–H groups in total. The molecule has 16 rings (SSSR count). The summed E-state index contributed by atoms with van der Waals surface area (Å²) < 4.78 is 86.5. The molecule has 7 heterocycles. The highest BCUT2D eigenvalue weighted by Gasteiger charge is 2.22. The standard InChI is InChI=1S/C16H13ClN2O3S.C16H11ClN2O.C15H10ClFN2O.C15H11ClN2O.C15H13FN2OS.CH4/c1-22-14-8-11(23(2,20)21)6-7-12(14)13-5-3-4-10-9-18-16(17)19-15(10)13;17-16-18-9-11-4-2-5-12(14(11)19-16)13-6-1-3-10-7-8-20-15(10)13;1-20-13-5-3-2-4-11(13)12-7-10(17)6-9-8-18-15(16)19-14(9)12;1-19-13-8-3-2-6-11(13)12-7-4-5-10-9-17-15(16)18-14(10)12;1-8-14(11-5-4-10(16)6-12(11)19-3)15-13(20-8)7-17-9(2)18-15;/h3-9H,1-2H3;1-6,9H,7-8H2;2-8H,1H3;2-9H,1H3;4-7H,1-3H3;1H4/i;;;;7D;. The van der Waals surface area contributed by atoms with Crippen LogP contribution in [0.4, 0.5) is 8.78 Å². The average Bonchev–Trinajstić information content (AvgIpc) is 1.35. The van der Waals surface area contributed by atoms with E-state index in [1.54, 1.807) is 57.9 Å². The van der Waals surface area contributed by atoms with E-state index < -0.39 is 9.84 Å². The largest absolute Gasteiger partial charge is 0.496 e. The van der Waals surface area contributed by atoms with Crippen LogP contribution in [0.2, 0.25) is 21.1 Å². The number of halogens is 6. The fraction of sp³-hybridized carbons (Fsp3) is 0.128. The molecule has 15 aromatic rings. The van der Waals surface area contributed by atoms with Gasteiger partial charge in [-0.05, 0) is 120 Å². The molecule has 0 spiro atoms. The van der Waals surface area contributed by atoms with Crippen molar-refractivity contribution in [2.24, 2.45) is 0 Å². The van der Waals surface area contributed by atoms with E-state index in [0.717, 1.165) is 123 Å². The third-order valence-corrected chi connectivity index (χ3v) is 19.0. The van der Waals surface area contributed by atoms with Gasteiger partial charge in [-0.15, -0.1) is 11.3 Å². The topological polar surface area (TPSA) is 209 Å². The summed E-state index contributed by atoms with van der Waals surface area (Å²) in [5.74, 6) is 3.18. The number of nitrogens with zero attached hydrogens (tertiary/aromatic N) is 10. The second kappa shape index (κ2) is 32.6. The minimum absolute atomic E-state index is 0. The van der Waals surface area contributed by atoms with Gasteiger partial charge in [0.1, 0.15) is 46.2 Å². The van der Waals surface area contributed by atoms with Crippen molar-refractivity contribution in [3.8, 4) is 84.4 Å². The van der Waals surface area contributed by atoms with Gasteiger partial charge >= 0.3 is 0 Å². The highest BCUT2D eigenvalue weighted by atomic mass is 35.5. The maximum atomic E-state index is 13.8. The Morgan fingerprint density at radius 3 is 1.44 bits per heavy atom. The lowest BCUT2D eigenvalue weighted by atomic mass is 9.99. The normalized spacial score (nSPS) is 11.5. The van der Waals surface area contributed by atoms with Crippen molar-refractivity contribution in [2.75, 3.05) is 41.3 Å². The van der Waals surface area contributed by atoms with Gasteiger partial charge in [-0.1, -0.05) is 117 Å². The Labute approximate surface area is 617 Å². The van der Waals surface area contributed by atoms with Gasteiger partial charge in [0.15, 0.2) is 9.84 Å². The van der Waals surface area contributed by atoms with Crippen LogP contribution < -0.4 is 23.7 Å². The van der Waals surface area contributed by atoms with Gasteiger partial charge in [0.05, 0.1) is 73.6 Å². The first-order valence-corrected chi connectivity index (χ1v) is 35.3. The molecular weight excluding hydrogens is 1430 g/mol. The van der Waals surface area contributed by atoms with Crippen LogP contribution >= 0.6 is 57.7 Å². The number of methoxy groups -OCH3 is 4. The van der Waals surface area contributed by atoms with Crippen LogP contribution in [0.25, 0.3) is 109 Å². The Morgan fingerprint density at radius 2 is 0.903 bits per heavy atom. The summed E-state index contributed by atoms with van der Waals surface area (Å²) in [5.41, 5.74) is 13.6. The summed E-state index contributed by atoms with van der Waals surface area (Å²) >= 11 is 25.1. The summed E-state index contributed by atoms with van der Waals surface area (Å²) in [5, 5.41) is 4.14. The van der Waals surface area contributed by atoms with Crippen molar-refractivity contribution in [3.63, 3.8) is 0 Å². The lowest BCUT2D eigenvalue weighted by molar-refractivity contribution is 0.358. The zero-order chi connectivity index (χ0) is 72.6. The molecule has 520 valence electrons. The Hall–Kier alpha value is -10.7. The molecule has 25 heteroatoms. The second-order valence-corrected chi connectivity index (χ2v) is 27.1. The molecular formula is C78H62Cl4F2N10O7S2. The average molecular weight is 1500 g/mol. The minimum atomic E-state index is -3.31. The van der Waals surface area contributed by atoms with Gasteiger partial charge in [-0.3, -0.25) is 0 Å². The number of rotatable bonds is 10. The molecule has 0 saturated carbocycles. The van der Waals surface area contributed by atoms with Crippen molar-refractivity contribution < 1.29 is 42.3 Å². The minimum Gasteiger partial charge on any atom is -0.496 e. The first kappa shape index (κ1) is 72.1. The van der Waals surface area contributed by atoms with Crippen LogP contribution in [0.3, 0.4) is 0 Å². The van der Waals surface area contributed by atoms with E-state index in [1.165, 1.54) is 67.6 Å². The van der Waals surface area contributed by atoms with Crippen LogP contribution in [0, 0.1) is 25.5 Å². The van der Waals surface area contributed by atoms with E-state index in [4.69, 9.17) is 71.5 Å². The van der Waals surface area contributed by atoms with Crippen LogP contribution in [0.5, 0.6) is 28.7 Å². The van der Waals surface area contributed by atoms with E-state index in [2.05, 4.69) is 68.0 Å². The smallest absolute Gasteiger partial charge is 0.222 e. The van der Waals surface area contributed by atoms with E-state index in [1.807, 2.05) is 110 Å². The molecule has 6 aromatic heterocycles. The number of aromatic nitrogens is 10. The summed E-state index contributed by atoms with van der Waals surface area (Å²) in [6, 6.07) is 51.1. The number of para-hydroxylation sites is 6. The van der Waals surface area contributed by atoms with E-state index >= 15 is 0 Å². The Morgan fingerprint density at radius 1 is 0.456 bits per heavy atom. The molecule has 0 unspecified atom stereocenters. The molecule has 103 heavy (non-hydrogen) atoms. The summed E-state index contributed by atoms with van der Waals surface area (Å²) in [7, 11) is 2.93. The summed E-state index contributed by atoms with van der Waals surface area (Å²) in [6.07, 6.45) is 8.97. The van der Waals surface area contributed by atoms with Crippen LogP contribution in [0.1, 0.15) is 25.1 Å². The fourth-order valence-electron chi connectivity index (χ4n) is 11.6. The molecule has 17 nitrogen and oxygen atoms in total.